The van der Waals surface area contributed by atoms with E-state index in [1.165, 1.54) is 11.3 Å². The van der Waals surface area contributed by atoms with Gasteiger partial charge >= 0.3 is 0 Å². The number of nitrogens with two attached hydrogens (primary N) is 1. The number of hydrogen-bond donors (Lipinski definition) is 1. The van der Waals surface area contributed by atoms with Gasteiger partial charge in [0.1, 0.15) is 0 Å². The number of aryl methyl sites for hydroxylation is 2. The van der Waals surface area contributed by atoms with E-state index in [0.717, 1.165) is 21.1 Å². The molecule has 0 aliphatic heterocycles. The van der Waals surface area contributed by atoms with Crippen molar-refractivity contribution in [3.05, 3.63) is 32.8 Å². The molecule has 0 unspecified atom stereocenters. The van der Waals surface area contributed by atoms with Crippen LogP contribution in [-0.4, -0.2) is 15.1 Å². The third-order valence-electron chi connectivity index (χ3n) is 2.59. The zero-order valence-corrected chi connectivity index (χ0v) is 12.1. The lowest BCUT2D eigenvalue weighted by Crippen LogP contribution is -1.91. The minimum absolute atomic E-state index is 0.476. The Morgan fingerprint density at radius 3 is 2.79 bits per heavy atom. The highest BCUT2D eigenvalue weighted by atomic mass is 32.1. The smallest absolute Gasteiger partial charge is 0.260 e. The summed E-state index contributed by atoms with van der Waals surface area (Å²) in [5.74, 6) is 1.10. The quantitative estimate of drug-likeness (QED) is 0.802. The summed E-state index contributed by atoms with van der Waals surface area (Å²) in [5.41, 5.74) is 7.70. The predicted molar refractivity (Wildman–Crippen MR) is 76.4 cm³/mol. The first-order valence-electron chi connectivity index (χ1n) is 5.71. The Hall–Kier alpha value is -1.73. The number of hydrogen-bond acceptors (Lipinski definition) is 7. The van der Waals surface area contributed by atoms with Crippen molar-refractivity contribution < 1.29 is 4.52 Å². The SMILES string of the molecule is Cc1cc(-c2nc(Cc3csc(C)n3)no2)c(N)s1. The molecule has 0 saturated carbocycles. The summed E-state index contributed by atoms with van der Waals surface area (Å²) in [6, 6.07) is 1.96. The second-order valence-corrected chi connectivity index (χ2v) is 6.54. The van der Waals surface area contributed by atoms with Crippen LogP contribution >= 0.6 is 22.7 Å². The van der Waals surface area contributed by atoms with E-state index in [-0.39, 0.29) is 0 Å². The Kier molecular flexibility index (Phi) is 3.08. The Morgan fingerprint density at radius 1 is 1.32 bits per heavy atom. The van der Waals surface area contributed by atoms with Crippen LogP contribution in [-0.2, 0) is 6.42 Å². The van der Waals surface area contributed by atoms with Crippen molar-refractivity contribution in [3.8, 4) is 11.5 Å². The second kappa shape index (κ2) is 4.75. The molecule has 0 aliphatic carbocycles. The minimum Gasteiger partial charge on any atom is -0.390 e. The van der Waals surface area contributed by atoms with Gasteiger partial charge in [-0.3, -0.25) is 0 Å². The normalized spacial score (nSPS) is 11.1. The minimum atomic E-state index is 0.476. The first kappa shape index (κ1) is 12.3. The molecule has 5 nitrogen and oxygen atoms in total. The summed E-state index contributed by atoms with van der Waals surface area (Å²) in [7, 11) is 0. The van der Waals surface area contributed by atoms with E-state index in [2.05, 4.69) is 15.1 Å². The van der Waals surface area contributed by atoms with E-state index in [9.17, 15) is 0 Å². The Morgan fingerprint density at radius 2 is 2.16 bits per heavy atom. The van der Waals surface area contributed by atoms with Gasteiger partial charge in [-0.1, -0.05) is 5.16 Å². The molecule has 0 atom stereocenters. The Labute approximate surface area is 118 Å². The molecule has 3 aromatic rings. The van der Waals surface area contributed by atoms with Gasteiger partial charge < -0.3 is 10.3 Å². The zero-order chi connectivity index (χ0) is 13.4. The molecule has 98 valence electrons. The zero-order valence-electron chi connectivity index (χ0n) is 10.5. The van der Waals surface area contributed by atoms with Gasteiger partial charge in [0.25, 0.3) is 5.89 Å². The van der Waals surface area contributed by atoms with Crippen LogP contribution in [0.3, 0.4) is 0 Å². The average molecular weight is 292 g/mol. The molecule has 0 spiro atoms. The van der Waals surface area contributed by atoms with E-state index in [0.29, 0.717) is 23.1 Å². The maximum atomic E-state index is 5.92. The van der Waals surface area contributed by atoms with Crippen molar-refractivity contribution in [2.75, 3.05) is 5.73 Å². The lowest BCUT2D eigenvalue weighted by atomic mass is 10.3. The molecule has 3 heterocycles. The van der Waals surface area contributed by atoms with E-state index in [1.54, 1.807) is 11.3 Å². The van der Waals surface area contributed by atoms with Crippen LogP contribution < -0.4 is 5.73 Å². The van der Waals surface area contributed by atoms with Crippen LogP contribution in [0.2, 0.25) is 0 Å². The number of thiazole rings is 1. The van der Waals surface area contributed by atoms with Gasteiger partial charge in [0.2, 0.25) is 0 Å². The molecular weight excluding hydrogens is 280 g/mol. The standard InChI is InChI=1S/C12H12N4OS2/c1-6-3-9(11(13)19-6)12-15-10(16-17-12)4-8-5-18-7(2)14-8/h3,5H,4,13H2,1-2H3. The van der Waals surface area contributed by atoms with Crippen LogP contribution in [0.4, 0.5) is 5.00 Å². The molecule has 2 N–H and O–H groups in total. The van der Waals surface area contributed by atoms with Gasteiger partial charge in [0, 0.05) is 10.3 Å². The second-order valence-electron chi connectivity index (χ2n) is 4.19. The van der Waals surface area contributed by atoms with Gasteiger partial charge in [0.05, 0.1) is 27.7 Å². The number of thiophene rings is 1. The summed E-state index contributed by atoms with van der Waals surface area (Å²) in [6.07, 6.45) is 0.580. The first-order chi connectivity index (χ1) is 9.11. The fraction of sp³-hybridized carbons (Fsp3) is 0.250. The molecule has 3 aromatic heterocycles. The maximum absolute atomic E-state index is 5.92. The molecule has 19 heavy (non-hydrogen) atoms. The largest absolute Gasteiger partial charge is 0.390 e. The molecule has 0 radical (unpaired) electrons. The molecule has 0 aromatic carbocycles. The van der Waals surface area contributed by atoms with Crippen LogP contribution in [0.25, 0.3) is 11.5 Å². The first-order valence-corrected chi connectivity index (χ1v) is 7.41. The van der Waals surface area contributed by atoms with Crippen LogP contribution in [0, 0.1) is 13.8 Å². The van der Waals surface area contributed by atoms with Crippen molar-refractivity contribution in [2.24, 2.45) is 0 Å². The monoisotopic (exact) mass is 292 g/mol. The summed E-state index contributed by atoms with van der Waals surface area (Å²) in [6.45, 7) is 3.98. The van der Waals surface area contributed by atoms with Gasteiger partial charge in [0.15, 0.2) is 5.82 Å². The van der Waals surface area contributed by atoms with Crippen molar-refractivity contribution in [2.45, 2.75) is 20.3 Å². The molecule has 0 bridgehead atoms. The predicted octanol–water partition coefficient (Wildman–Crippen LogP) is 3.04. The Bertz CT molecular complexity index is 713. The van der Waals surface area contributed by atoms with E-state index in [4.69, 9.17) is 10.3 Å². The number of nitrogen functional groups attached to an aromatic ring is 1. The number of anilines is 1. The van der Waals surface area contributed by atoms with Crippen molar-refractivity contribution in [1.29, 1.82) is 0 Å². The van der Waals surface area contributed by atoms with E-state index < -0.39 is 0 Å². The lowest BCUT2D eigenvalue weighted by Gasteiger charge is -1.89. The number of rotatable bonds is 3. The van der Waals surface area contributed by atoms with Gasteiger partial charge in [-0.15, -0.1) is 22.7 Å². The molecular formula is C12H12N4OS2. The third-order valence-corrected chi connectivity index (χ3v) is 4.29. The highest BCUT2D eigenvalue weighted by molar-refractivity contribution is 7.16. The maximum Gasteiger partial charge on any atom is 0.260 e. The molecule has 0 aliphatic rings. The van der Waals surface area contributed by atoms with Gasteiger partial charge in [-0.25, -0.2) is 4.98 Å². The summed E-state index contributed by atoms with van der Waals surface area (Å²) < 4.78 is 5.27. The number of nitrogens with zero attached hydrogens (tertiary/aromatic N) is 3. The van der Waals surface area contributed by atoms with E-state index in [1.807, 2.05) is 25.3 Å². The molecule has 0 fully saturated rings. The topological polar surface area (TPSA) is 77.8 Å². The van der Waals surface area contributed by atoms with Gasteiger partial charge in [-0.2, -0.15) is 4.98 Å². The van der Waals surface area contributed by atoms with E-state index >= 15 is 0 Å². The fourth-order valence-electron chi connectivity index (χ4n) is 1.79. The Balaban J connectivity index is 1.85. The lowest BCUT2D eigenvalue weighted by molar-refractivity contribution is 0.424. The third kappa shape index (κ3) is 2.52. The summed E-state index contributed by atoms with van der Waals surface area (Å²) in [4.78, 5) is 9.88. The average Bonchev–Trinajstić information content (AvgIpc) is 3.02. The van der Waals surface area contributed by atoms with Crippen molar-refractivity contribution in [3.63, 3.8) is 0 Å². The summed E-state index contributed by atoms with van der Waals surface area (Å²) in [5, 5.41) is 7.73. The van der Waals surface area contributed by atoms with Crippen LogP contribution in [0.5, 0.6) is 0 Å². The van der Waals surface area contributed by atoms with Crippen molar-refractivity contribution >= 4 is 27.7 Å². The highest BCUT2D eigenvalue weighted by Crippen LogP contribution is 2.32. The summed E-state index contributed by atoms with van der Waals surface area (Å²) >= 11 is 3.14. The van der Waals surface area contributed by atoms with Gasteiger partial charge in [-0.05, 0) is 19.9 Å². The van der Waals surface area contributed by atoms with Crippen molar-refractivity contribution in [1.82, 2.24) is 15.1 Å². The van der Waals surface area contributed by atoms with Crippen LogP contribution in [0.1, 0.15) is 21.4 Å². The fourth-order valence-corrected chi connectivity index (χ4v) is 3.18. The molecule has 0 saturated heterocycles. The number of aromatic nitrogens is 3. The van der Waals surface area contributed by atoms with Crippen LogP contribution in [0.15, 0.2) is 16.0 Å². The molecule has 0 amide bonds. The highest BCUT2D eigenvalue weighted by Gasteiger charge is 2.15. The molecule has 3 rings (SSSR count). The molecule has 7 heteroatoms.